The molecule has 2 aromatic carbocycles. The molecule has 8 nitrogen and oxygen atoms in total. The Bertz CT molecular complexity index is 923. The van der Waals surface area contributed by atoms with Crippen LogP contribution in [0.4, 0.5) is 11.4 Å². The van der Waals surface area contributed by atoms with Crippen molar-refractivity contribution in [2.24, 2.45) is 0 Å². The molecule has 2 rings (SSSR count). The molecule has 0 heterocycles. The third-order valence-electron chi connectivity index (χ3n) is 3.91. The van der Waals surface area contributed by atoms with E-state index in [2.05, 4.69) is 5.32 Å². The highest BCUT2D eigenvalue weighted by Gasteiger charge is 2.22. The first-order valence-electron chi connectivity index (χ1n) is 8.39. The lowest BCUT2D eigenvalue weighted by molar-refractivity contribution is -0.384. The first kappa shape index (κ1) is 20.6. The molecule has 1 N–H and O–H groups in total. The summed E-state index contributed by atoms with van der Waals surface area (Å²) < 4.78 is 10.0. The number of esters is 1. The Morgan fingerprint density at radius 3 is 2.57 bits per heavy atom. The summed E-state index contributed by atoms with van der Waals surface area (Å²) in [6, 6.07) is 11.5. The maximum Gasteiger partial charge on any atom is 0.331 e. The van der Waals surface area contributed by atoms with Crippen LogP contribution in [0.2, 0.25) is 0 Å². The summed E-state index contributed by atoms with van der Waals surface area (Å²) in [5.74, 6) is -1.11. The zero-order valence-electron chi connectivity index (χ0n) is 15.7. The molecular weight excluding hydrogens is 364 g/mol. The lowest BCUT2D eigenvalue weighted by Crippen LogP contribution is -2.29. The number of nitrogens with one attached hydrogen (secondary N) is 1. The van der Waals surface area contributed by atoms with E-state index in [1.54, 1.807) is 6.08 Å². The Kier molecular flexibility index (Phi) is 6.86. The van der Waals surface area contributed by atoms with Crippen molar-refractivity contribution in [3.63, 3.8) is 0 Å². The van der Waals surface area contributed by atoms with Crippen molar-refractivity contribution in [3.05, 3.63) is 69.8 Å². The second kappa shape index (κ2) is 9.31. The second-order valence-corrected chi connectivity index (χ2v) is 5.90. The van der Waals surface area contributed by atoms with Gasteiger partial charge in [0.05, 0.1) is 18.1 Å². The Morgan fingerprint density at radius 2 is 1.93 bits per heavy atom. The fourth-order valence-corrected chi connectivity index (χ4v) is 2.33. The smallest absolute Gasteiger partial charge is 0.331 e. The lowest BCUT2D eigenvalue weighted by Gasteiger charge is -2.13. The number of anilines is 1. The van der Waals surface area contributed by atoms with Crippen molar-refractivity contribution in [2.75, 3.05) is 12.4 Å². The molecule has 0 aliphatic rings. The third-order valence-corrected chi connectivity index (χ3v) is 3.91. The van der Waals surface area contributed by atoms with Crippen LogP contribution < -0.4 is 10.1 Å². The number of methoxy groups -OCH3 is 1. The Labute approximate surface area is 161 Å². The summed E-state index contributed by atoms with van der Waals surface area (Å²) in [6.45, 7) is 3.28. The van der Waals surface area contributed by atoms with Gasteiger partial charge in [0.1, 0.15) is 11.4 Å². The Hall–Kier alpha value is -3.68. The summed E-state index contributed by atoms with van der Waals surface area (Å²) in [5, 5.41) is 13.6. The van der Waals surface area contributed by atoms with E-state index in [1.165, 1.54) is 38.3 Å². The normalized spacial score (nSPS) is 11.7. The van der Waals surface area contributed by atoms with Gasteiger partial charge in [0.2, 0.25) is 0 Å². The number of rotatable bonds is 7. The Balaban J connectivity index is 2.02. The van der Waals surface area contributed by atoms with Crippen LogP contribution in [0.3, 0.4) is 0 Å². The monoisotopic (exact) mass is 384 g/mol. The number of aryl methyl sites for hydroxylation is 1. The number of carbonyl (C=O) groups excluding carboxylic acids is 2. The zero-order chi connectivity index (χ0) is 20.7. The molecule has 1 amide bonds. The highest BCUT2D eigenvalue weighted by Crippen LogP contribution is 2.29. The molecule has 0 aliphatic heterocycles. The minimum absolute atomic E-state index is 0.0193. The lowest BCUT2D eigenvalue weighted by atomic mass is 10.1. The standard InChI is InChI=1S/C20H20N2O6/c1-13-6-4-5-7-15(13)8-11-19(23)28-14(2)20(24)21-17-10-9-16(27-3)12-18(17)22(25)26/h4-12,14H,1-3H3,(H,21,24)/b11-8+/t14-/m0/s1. The van der Waals surface area contributed by atoms with E-state index in [4.69, 9.17) is 9.47 Å². The maximum atomic E-state index is 12.2. The van der Waals surface area contributed by atoms with Crippen molar-refractivity contribution in [3.8, 4) is 5.75 Å². The van der Waals surface area contributed by atoms with Crippen molar-refractivity contribution in [1.29, 1.82) is 0 Å². The molecule has 146 valence electrons. The quantitative estimate of drug-likeness (QED) is 0.339. The molecule has 0 saturated carbocycles. The van der Waals surface area contributed by atoms with Gasteiger partial charge in [-0.25, -0.2) is 4.79 Å². The van der Waals surface area contributed by atoms with Crippen LogP contribution in [-0.2, 0) is 14.3 Å². The highest BCUT2D eigenvalue weighted by atomic mass is 16.6. The van der Waals surface area contributed by atoms with Crippen LogP contribution in [0.25, 0.3) is 6.08 Å². The van der Waals surface area contributed by atoms with Gasteiger partial charge < -0.3 is 14.8 Å². The molecule has 0 radical (unpaired) electrons. The van der Waals surface area contributed by atoms with E-state index < -0.39 is 22.9 Å². The molecule has 1 atom stereocenters. The number of ether oxygens (including phenoxy) is 2. The molecule has 0 saturated heterocycles. The van der Waals surface area contributed by atoms with Crippen LogP contribution in [0.5, 0.6) is 5.75 Å². The number of benzene rings is 2. The predicted molar refractivity (Wildman–Crippen MR) is 104 cm³/mol. The molecule has 0 unspecified atom stereocenters. The van der Waals surface area contributed by atoms with Crippen LogP contribution in [0.15, 0.2) is 48.5 Å². The summed E-state index contributed by atoms with van der Waals surface area (Å²) >= 11 is 0. The zero-order valence-corrected chi connectivity index (χ0v) is 15.7. The van der Waals surface area contributed by atoms with Crippen LogP contribution in [0.1, 0.15) is 18.1 Å². The van der Waals surface area contributed by atoms with Crippen LogP contribution >= 0.6 is 0 Å². The van der Waals surface area contributed by atoms with Gasteiger partial charge in [-0.15, -0.1) is 0 Å². The summed E-state index contributed by atoms with van der Waals surface area (Å²) in [6.07, 6.45) is 1.68. The van der Waals surface area contributed by atoms with Crippen molar-refractivity contribution in [2.45, 2.75) is 20.0 Å². The Morgan fingerprint density at radius 1 is 1.21 bits per heavy atom. The molecule has 28 heavy (non-hydrogen) atoms. The van der Waals surface area contributed by atoms with Gasteiger partial charge in [-0.2, -0.15) is 0 Å². The van der Waals surface area contributed by atoms with Gasteiger partial charge >= 0.3 is 5.97 Å². The average molecular weight is 384 g/mol. The predicted octanol–water partition coefficient (Wildman–Crippen LogP) is 3.50. The number of nitro groups is 1. The molecule has 0 fully saturated rings. The van der Waals surface area contributed by atoms with E-state index in [9.17, 15) is 19.7 Å². The van der Waals surface area contributed by atoms with E-state index in [0.717, 1.165) is 11.1 Å². The van der Waals surface area contributed by atoms with Crippen molar-refractivity contribution < 1.29 is 24.0 Å². The van der Waals surface area contributed by atoms with Gasteiger partial charge in [-0.3, -0.25) is 14.9 Å². The fraction of sp³-hybridized carbons (Fsp3) is 0.200. The van der Waals surface area contributed by atoms with E-state index >= 15 is 0 Å². The van der Waals surface area contributed by atoms with E-state index in [-0.39, 0.29) is 17.1 Å². The number of carbonyl (C=O) groups is 2. The number of nitrogens with zero attached hydrogens (tertiary/aromatic N) is 1. The molecule has 2 aromatic rings. The molecule has 0 aliphatic carbocycles. The van der Waals surface area contributed by atoms with Gasteiger partial charge in [0.15, 0.2) is 6.10 Å². The highest BCUT2D eigenvalue weighted by molar-refractivity contribution is 5.98. The van der Waals surface area contributed by atoms with Gasteiger partial charge in [-0.1, -0.05) is 24.3 Å². The van der Waals surface area contributed by atoms with Crippen molar-refractivity contribution >= 4 is 29.3 Å². The van der Waals surface area contributed by atoms with Crippen LogP contribution in [-0.4, -0.2) is 30.0 Å². The fourth-order valence-electron chi connectivity index (χ4n) is 2.33. The van der Waals surface area contributed by atoms with E-state index in [1.807, 2.05) is 31.2 Å². The topological polar surface area (TPSA) is 108 Å². The SMILES string of the molecule is COc1ccc(NC(=O)[C@H](C)OC(=O)/C=C/c2ccccc2C)c([N+](=O)[O-])c1. The molecule has 0 spiro atoms. The van der Waals surface area contributed by atoms with E-state index in [0.29, 0.717) is 0 Å². The van der Waals surface area contributed by atoms with Gasteiger partial charge in [-0.05, 0) is 43.2 Å². The first-order chi connectivity index (χ1) is 13.3. The van der Waals surface area contributed by atoms with Gasteiger partial charge in [0, 0.05) is 6.08 Å². The molecule has 0 aromatic heterocycles. The third kappa shape index (κ3) is 5.41. The van der Waals surface area contributed by atoms with Crippen LogP contribution in [0, 0.1) is 17.0 Å². The average Bonchev–Trinajstić information content (AvgIpc) is 2.67. The first-order valence-corrected chi connectivity index (χ1v) is 8.39. The molecular formula is C20H20N2O6. The second-order valence-electron chi connectivity index (χ2n) is 5.90. The molecule has 8 heteroatoms. The number of hydrogen-bond donors (Lipinski definition) is 1. The maximum absolute atomic E-state index is 12.2. The summed E-state index contributed by atoms with van der Waals surface area (Å²) in [7, 11) is 1.38. The van der Waals surface area contributed by atoms with Crippen molar-refractivity contribution in [1.82, 2.24) is 0 Å². The minimum Gasteiger partial charge on any atom is -0.496 e. The number of nitro benzene ring substituents is 1. The number of amides is 1. The minimum atomic E-state index is -1.14. The largest absolute Gasteiger partial charge is 0.496 e. The number of hydrogen-bond acceptors (Lipinski definition) is 6. The summed E-state index contributed by atoms with van der Waals surface area (Å²) in [4.78, 5) is 34.7. The summed E-state index contributed by atoms with van der Waals surface area (Å²) in [5.41, 5.74) is 1.49. The van der Waals surface area contributed by atoms with Gasteiger partial charge in [0.25, 0.3) is 11.6 Å². The molecule has 0 bridgehead atoms.